The Bertz CT molecular complexity index is 1240. The average Bonchev–Trinajstić information content (AvgIpc) is 3.38. The highest BCUT2D eigenvalue weighted by molar-refractivity contribution is 6.99. The molecule has 0 aromatic heterocycles. The van der Waals surface area contributed by atoms with E-state index in [4.69, 9.17) is 13.9 Å². The lowest BCUT2D eigenvalue weighted by molar-refractivity contribution is -0.154. The zero-order valence-corrected chi connectivity index (χ0v) is 31.4. The molecule has 2 bridgehead atoms. The molecule has 2 aliphatic heterocycles. The number of allylic oxidation sites excluding steroid dienone is 1. The second-order valence-corrected chi connectivity index (χ2v) is 20.0. The van der Waals surface area contributed by atoms with Crippen LogP contribution in [0.3, 0.4) is 0 Å². The Kier molecular flexibility index (Phi) is 13.7. The van der Waals surface area contributed by atoms with Gasteiger partial charge in [-0.2, -0.15) is 0 Å². The van der Waals surface area contributed by atoms with Crippen molar-refractivity contribution < 1.29 is 18.7 Å². The molecule has 2 heterocycles. The third-order valence-corrected chi connectivity index (χ3v) is 15.5. The Morgan fingerprint density at radius 1 is 0.936 bits per heavy atom. The minimum absolute atomic E-state index is 0.0134. The summed E-state index contributed by atoms with van der Waals surface area (Å²) >= 11 is 0. The van der Waals surface area contributed by atoms with Crippen LogP contribution in [-0.4, -0.2) is 38.7 Å². The summed E-state index contributed by atoms with van der Waals surface area (Å²) in [4.78, 5) is 13.4. The quantitative estimate of drug-likeness (QED) is 0.169. The number of hydrogen-bond acceptors (Lipinski definition) is 4. The van der Waals surface area contributed by atoms with Gasteiger partial charge in [0, 0.05) is 12.5 Å². The van der Waals surface area contributed by atoms with Gasteiger partial charge in [-0.3, -0.25) is 4.79 Å². The fourth-order valence-electron chi connectivity index (χ4n) is 7.77. The lowest BCUT2D eigenvalue weighted by atomic mass is 9.95. The number of benzene rings is 2. The van der Waals surface area contributed by atoms with E-state index in [0.29, 0.717) is 30.5 Å². The normalized spacial score (nSPS) is 28.6. The van der Waals surface area contributed by atoms with Gasteiger partial charge in [-0.05, 0) is 79.1 Å². The van der Waals surface area contributed by atoms with Crippen LogP contribution in [0, 0.1) is 17.8 Å². The highest BCUT2D eigenvalue weighted by Crippen LogP contribution is 2.38. The predicted octanol–water partition coefficient (Wildman–Crippen LogP) is 9.57. The number of rotatable bonds is 7. The largest absolute Gasteiger partial charge is 0.462 e. The summed E-state index contributed by atoms with van der Waals surface area (Å²) in [5.41, 5.74) is 1.14. The summed E-state index contributed by atoms with van der Waals surface area (Å²) in [6.07, 6.45) is 14.4. The molecule has 1 unspecified atom stereocenters. The Morgan fingerprint density at radius 3 is 2.17 bits per heavy atom. The Balaban J connectivity index is 1.49. The molecule has 0 saturated carbocycles. The average molecular weight is 659 g/mol. The maximum atomic E-state index is 13.4. The van der Waals surface area contributed by atoms with Crippen molar-refractivity contribution in [2.75, 3.05) is 0 Å². The molecule has 4 nitrogen and oxygen atoms in total. The zero-order valence-electron chi connectivity index (χ0n) is 30.4. The summed E-state index contributed by atoms with van der Waals surface area (Å²) in [5, 5.41) is 2.48. The van der Waals surface area contributed by atoms with Crippen LogP contribution in [0.1, 0.15) is 113 Å². The highest BCUT2D eigenvalue weighted by atomic mass is 28.4. The van der Waals surface area contributed by atoms with Gasteiger partial charge in [0.1, 0.15) is 6.10 Å². The summed E-state index contributed by atoms with van der Waals surface area (Å²) in [7, 11) is -2.67. The first kappa shape index (κ1) is 37.3. The van der Waals surface area contributed by atoms with E-state index >= 15 is 0 Å². The predicted molar refractivity (Wildman–Crippen MR) is 199 cm³/mol. The van der Waals surface area contributed by atoms with Crippen molar-refractivity contribution in [3.8, 4) is 0 Å². The minimum Gasteiger partial charge on any atom is -0.462 e. The number of fused-ring (bicyclic) bond motifs is 2. The molecule has 0 amide bonds. The smallest absolute Gasteiger partial charge is 0.308 e. The first-order valence-electron chi connectivity index (χ1n) is 18.4. The third kappa shape index (κ3) is 10.3. The van der Waals surface area contributed by atoms with E-state index in [1.807, 2.05) is 6.92 Å². The molecule has 7 atom stereocenters. The number of carbonyl (C=O) groups is 1. The summed E-state index contributed by atoms with van der Waals surface area (Å²) in [5.74, 6) is 0.775. The van der Waals surface area contributed by atoms with Crippen molar-refractivity contribution in [2.45, 2.75) is 142 Å². The van der Waals surface area contributed by atoms with Crippen LogP contribution in [0.15, 0.2) is 85.0 Å². The van der Waals surface area contributed by atoms with Crippen molar-refractivity contribution in [1.82, 2.24) is 0 Å². The zero-order chi connectivity index (χ0) is 34.0. The van der Waals surface area contributed by atoms with Gasteiger partial charge >= 0.3 is 5.97 Å². The first-order chi connectivity index (χ1) is 22.4. The molecular weight excluding hydrogens is 597 g/mol. The topological polar surface area (TPSA) is 44.8 Å². The first-order valence-corrected chi connectivity index (χ1v) is 20.3. The molecule has 2 aromatic carbocycles. The minimum atomic E-state index is -2.67. The van der Waals surface area contributed by atoms with Crippen LogP contribution in [-0.2, 0) is 18.7 Å². The van der Waals surface area contributed by atoms with Gasteiger partial charge in [-0.1, -0.05) is 139 Å². The van der Waals surface area contributed by atoms with Gasteiger partial charge in [0.05, 0.1) is 18.1 Å². The van der Waals surface area contributed by atoms with E-state index in [-0.39, 0.29) is 29.1 Å². The second kappa shape index (κ2) is 17.3. The van der Waals surface area contributed by atoms with Crippen LogP contribution >= 0.6 is 0 Å². The molecule has 2 aliphatic rings. The molecule has 258 valence electrons. The van der Waals surface area contributed by atoms with Crippen molar-refractivity contribution in [3.05, 3.63) is 85.0 Å². The van der Waals surface area contributed by atoms with Gasteiger partial charge in [-0.15, -0.1) is 0 Å². The standard InChI is InChI=1S/C42H62O4Si/c1-31-18-17-20-36-30-34(4)40(44-36)25-16-15-19-33(3)41(43)45-37(29-32(2)28-31)27-26-35(5)46-47(42(6,7)8,38-21-11-9-12-22-38)39-23-13-10-14-24-39/h9-14,17-18,21-24,31,33-37,40H,2,15-16,19-20,25-30H2,1,3-8H3/b18-17-/t31-,33-,34-,35-,36-,37?,40-/m0/s1. The molecule has 47 heavy (non-hydrogen) atoms. The molecule has 1 fully saturated rings. The number of hydrogen-bond donors (Lipinski definition) is 0. The third-order valence-electron chi connectivity index (χ3n) is 10.4. The Hall–Kier alpha value is -2.47. The number of ether oxygens (including phenoxy) is 2. The van der Waals surface area contributed by atoms with Gasteiger partial charge in [-0.25, -0.2) is 0 Å². The van der Waals surface area contributed by atoms with Crippen LogP contribution in [0.2, 0.25) is 5.04 Å². The lowest BCUT2D eigenvalue weighted by Crippen LogP contribution is -2.67. The molecule has 0 aliphatic carbocycles. The van der Waals surface area contributed by atoms with E-state index in [9.17, 15) is 4.79 Å². The second-order valence-electron chi connectivity index (χ2n) is 15.7. The van der Waals surface area contributed by atoms with E-state index in [1.165, 1.54) is 10.4 Å². The molecule has 0 spiro atoms. The van der Waals surface area contributed by atoms with Crippen molar-refractivity contribution in [2.24, 2.45) is 17.8 Å². The summed E-state index contributed by atoms with van der Waals surface area (Å²) < 4.78 is 20.1. The van der Waals surface area contributed by atoms with Crippen molar-refractivity contribution >= 4 is 24.7 Å². The van der Waals surface area contributed by atoms with Gasteiger partial charge in [0.25, 0.3) is 8.32 Å². The van der Waals surface area contributed by atoms with E-state index in [0.717, 1.165) is 63.4 Å². The molecule has 0 radical (unpaired) electrons. The van der Waals surface area contributed by atoms with Crippen LogP contribution in [0.4, 0.5) is 0 Å². The van der Waals surface area contributed by atoms with Gasteiger partial charge in [0.15, 0.2) is 0 Å². The lowest BCUT2D eigenvalue weighted by Gasteiger charge is -2.44. The Labute approximate surface area is 287 Å². The molecule has 2 aromatic rings. The van der Waals surface area contributed by atoms with Crippen LogP contribution in [0.25, 0.3) is 0 Å². The SMILES string of the molecule is C=C1CC(CC[C@H](C)O[Si](c2ccccc2)(c2ccccc2)C(C)(C)C)OC(=O)[C@@H](C)CCCC[C@@H]2O[C@@H](C/C=C\[C@H](C)C1)C[C@@H]2C. The summed E-state index contributed by atoms with van der Waals surface area (Å²) in [6.45, 7) is 20.2. The van der Waals surface area contributed by atoms with Crippen LogP contribution < -0.4 is 10.4 Å². The van der Waals surface area contributed by atoms with Gasteiger partial charge < -0.3 is 13.9 Å². The molecule has 5 heteroatoms. The van der Waals surface area contributed by atoms with Gasteiger partial charge in [0.2, 0.25) is 0 Å². The van der Waals surface area contributed by atoms with E-state index < -0.39 is 8.32 Å². The number of carbonyl (C=O) groups excluding carboxylic acids is 1. The highest BCUT2D eigenvalue weighted by Gasteiger charge is 2.51. The van der Waals surface area contributed by atoms with Crippen molar-refractivity contribution in [3.63, 3.8) is 0 Å². The fraction of sp³-hybridized carbons (Fsp3) is 0.595. The maximum absolute atomic E-state index is 13.4. The number of esters is 1. The van der Waals surface area contributed by atoms with Crippen molar-refractivity contribution in [1.29, 1.82) is 0 Å². The van der Waals surface area contributed by atoms with E-state index in [2.05, 4.69) is 121 Å². The monoisotopic (exact) mass is 658 g/mol. The molecule has 4 rings (SSSR count). The maximum Gasteiger partial charge on any atom is 0.308 e. The van der Waals surface area contributed by atoms with E-state index in [1.54, 1.807) is 0 Å². The number of cyclic esters (lactones) is 1. The molecule has 1 saturated heterocycles. The fourth-order valence-corrected chi connectivity index (χ4v) is 12.5. The Morgan fingerprint density at radius 2 is 1.55 bits per heavy atom. The molecule has 0 N–H and O–H groups in total. The molecular formula is C42H62O4Si. The van der Waals surface area contributed by atoms with Crippen LogP contribution in [0.5, 0.6) is 0 Å². The summed E-state index contributed by atoms with van der Waals surface area (Å²) in [6, 6.07) is 21.6.